The molecule has 0 spiro atoms. The molecule has 1 aliphatic rings. The second-order valence-electron chi connectivity index (χ2n) is 6.94. The van der Waals surface area contributed by atoms with E-state index in [2.05, 4.69) is 24.1 Å². The zero-order valence-corrected chi connectivity index (χ0v) is 14.8. The predicted molar refractivity (Wildman–Crippen MR) is 93.2 cm³/mol. The number of piperidine rings is 1. The summed E-state index contributed by atoms with van der Waals surface area (Å²) in [4.78, 5) is 2.24. The third-order valence-corrected chi connectivity index (χ3v) is 4.77. The monoisotopic (exact) mass is 342 g/mol. The lowest BCUT2D eigenvalue weighted by atomic mass is 10.0. The predicted octanol–water partition coefficient (Wildman–Crippen LogP) is 3.44. The van der Waals surface area contributed by atoms with Crippen molar-refractivity contribution in [2.45, 2.75) is 51.8 Å². The molecule has 1 aliphatic heterocycles. The highest BCUT2D eigenvalue weighted by Crippen LogP contribution is 2.22. The summed E-state index contributed by atoms with van der Waals surface area (Å²) in [7, 11) is 0. The van der Waals surface area contributed by atoms with E-state index in [4.69, 9.17) is 11.6 Å². The van der Waals surface area contributed by atoms with Crippen molar-refractivity contribution in [2.75, 3.05) is 19.6 Å². The molecule has 1 unspecified atom stereocenters. The summed E-state index contributed by atoms with van der Waals surface area (Å²) in [5, 5.41) is 13.9. The number of hydrogen-bond acceptors (Lipinski definition) is 3. The van der Waals surface area contributed by atoms with Gasteiger partial charge in [0.1, 0.15) is 5.82 Å². The maximum Gasteiger partial charge on any atom is 0.129 e. The minimum atomic E-state index is -0.273. The van der Waals surface area contributed by atoms with E-state index < -0.39 is 0 Å². The molecule has 0 aromatic heterocycles. The molecule has 0 amide bonds. The molecule has 2 N–H and O–H groups in total. The van der Waals surface area contributed by atoms with E-state index in [1.165, 1.54) is 6.07 Å². The molecular formula is C18H28ClFN2O. The number of halogens is 2. The first-order chi connectivity index (χ1) is 11.0. The third kappa shape index (κ3) is 6.03. The smallest absolute Gasteiger partial charge is 0.129 e. The van der Waals surface area contributed by atoms with Crippen molar-refractivity contribution in [3.8, 4) is 0 Å². The van der Waals surface area contributed by atoms with Gasteiger partial charge in [0.05, 0.1) is 6.10 Å². The van der Waals surface area contributed by atoms with Gasteiger partial charge in [-0.15, -0.1) is 0 Å². The molecule has 23 heavy (non-hydrogen) atoms. The van der Waals surface area contributed by atoms with Crippen LogP contribution in [0.15, 0.2) is 18.2 Å². The summed E-state index contributed by atoms with van der Waals surface area (Å²) >= 11 is 6.10. The first kappa shape index (κ1) is 18.7. The van der Waals surface area contributed by atoms with Gasteiger partial charge >= 0.3 is 0 Å². The van der Waals surface area contributed by atoms with Crippen LogP contribution in [0.4, 0.5) is 4.39 Å². The van der Waals surface area contributed by atoms with E-state index in [9.17, 15) is 9.50 Å². The lowest BCUT2D eigenvalue weighted by molar-refractivity contribution is 0.130. The van der Waals surface area contributed by atoms with Crippen molar-refractivity contribution >= 4 is 11.6 Å². The Morgan fingerprint density at radius 2 is 2.04 bits per heavy atom. The Morgan fingerprint density at radius 1 is 1.35 bits per heavy atom. The summed E-state index contributed by atoms with van der Waals surface area (Å²) in [5.74, 6) is 0.286. The van der Waals surface area contributed by atoms with Gasteiger partial charge in [-0.05, 0) is 50.4 Å². The number of aliphatic hydroxyl groups excluding tert-OH is 1. The van der Waals surface area contributed by atoms with Gasteiger partial charge in [0, 0.05) is 29.7 Å². The zero-order valence-electron chi connectivity index (χ0n) is 14.1. The molecular weight excluding hydrogens is 315 g/mol. The van der Waals surface area contributed by atoms with E-state index >= 15 is 0 Å². The molecule has 2 rings (SSSR count). The second kappa shape index (κ2) is 8.97. The minimum absolute atomic E-state index is 0.227. The highest BCUT2D eigenvalue weighted by Gasteiger charge is 2.21. The van der Waals surface area contributed by atoms with Crippen LogP contribution in [0.25, 0.3) is 0 Å². The molecule has 1 aromatic rings. The largest absolute Gasteiger partial charge is 0.392 e. The Hall–Kier alpha value is -0.680. The zero-order chi connectivity index (χ0) is 16.8. The first-order valence-electron chi connectivity index (χ1n) is 8.52. The number of hydrogen-bond donors (Lipinski definition) is 2. The third-order valence-electron chi connectivity index (χ3n) is 4.42. The maximum absolute atomic E-state index is 13.8. The molecule has 0 radical (unpaired) electrons. The van der Waals surface area contributed by atoms with Crippen LogP contribution in [-0.4, -0.2) is 41.8 Å². The molecule has 1 heterocycles. The molecule has 130 valence electrons. The number of likely N-dealkylation sites (tertiary alicyclic amines) is 1. The Kier molecular flexibility index (Phi) is 7.28. The van der Waals surface area contributed by atoms with Gasteiger partial charge in [-0.1, -0.05) is 31.5 Å². The van der Waals surface area contributed by atoms with Crippen LogP contribution in [0, 0.1) is 11.7 Å². The van der Waals surface area contributed by atoms with Crippen LogP contribution in [0.5, 0.6) is 0 Å². The maximum atomic E-state index is 13.8. The van der Waals surface area contributed by atoms with Crippen LogP contribution in [0.1, 0.15) is 38.7 Å². The fourth-order valence-corrected chi connectivity index (χ4v) is 3.36. The van der Waals surface area contributed by atoms with Crippen LogP contribution >= 0.6 is 11.6 Å². The fraction of sp³-hybridized carbons (Fsp3) is 0.667. The van der Waals surface area contributed by atoms with Crippen LogP contribution < -0.4 is 5.32 Å². The van der Waals surface area contributed by atoms with Gasteiger partial charge in [0.15, 0.2) is 0 Å². The molecule has 1 aromatic carbocycles. The Labute approximate surface area is 143 Å². The normalized spacial score (nSPS) is 18.5. The van der Waals surface area contributed by atoms with Gasteiger partial charge in [0.25, 0.3) is 0 Å². The first-order valence-corrected chi connectivity index (χ1v) is 8.90. The Balaban J connectivity index is 1.74. The van der Waals surface area contributed by atoms with Gasteiger partial charge in [0.2, 0.25) is 0 Å². The molecule has 1 fully saturated rings. The summed E-state index contributed by atoms with van der Waals surface area (Å²) in [6.07, 6.45) is 2.59. The van der Waals surface area contributed by atoms with Crippen molar-refractivity contribution in [1.29, 1.82) is 0 Å². The Morgan fingerprint density at radius 3 is 2.65 bits per heavy atom. The highest BCUT2D eigenvalue weighted by atomic mass is 35.5. The lowest BCUT2D eigenvalue weighted by Gasteiger charge is -2.33. The van der Waals surface area contributed by atoms with Crippen molar-refractivity contribution in [3.63, 3.8) is 0 Å². The molecule has 1 saturated heterocycles. The van der Waals surface area contributed by atoms with Gasteiger partial charge in [-0.25, -0.2) is 4.39 Å². The number of nitrogens with zero attached hydrogens (tertiary/aromatic N) is 1. The number of nitrogens with one attached hydrogen (secondary N) is 1. The molecule has 1 atom stereocenters. The van der Waals surface area contributed by atoms with E-state index in [0.717, 1.165) is 32.4 Å². The lowest BCUT2D eigenvalue weighted by Crippen LogP contribution is -2.44. The van der Waals surface area contributed by atoms with Gasteiger partial charge in [-0.3, -0.25) is 4.90 Å². The van der Waals surface area contributed by atoms with E-state index in [0.29, 0.717) is 35.6 Å². The standard InChI is InChI=1S/C18H28ClFN2O/c1-13(2)10-15(23)11-21-14-6-8-22(9-7-14)12-16-17(19)4-3-5-18(16)20/h3-5,13-15,21,23H,6-12H2,1-2H3. The Bertz CT molecular complexity index is 470. The fourth-order valence-electron chi connectivity index (χ4n) is 3.13. The van der Waals surface area contributed by atoms with Gasteiger partial charge < -0.3 is 10.4 Å². The van der Waals surface area contributed by atoms with E-state index in [1.54, 1.807) is 12.1 Å². The van der Waals surface area contributed by atoms with Crippen LogP contribution in [-0.2, 0) is 6.54 Å². The average Bonchev–Trinajstić information content (AvgIpc) is 2.49. The molecule has 0 saturated carbocycles. The minimum Gasteiger partial charge on any atom is -0.392 e. The summed E-state index contributed by atoms with van der Waals surface area (Å²) in [6, 6.07) is 5.28. The van der Waals surface area contributed by atoms with Crippen molar-refractivity contribution in [1.82, 2.24) is 10.2 Å². The number of aliphatic hydroxyl groups is 1. The summed E-state index contributed by atoms with van der Waals surface area (Å²) < 4.78 is 13.8. The topological polar surface area (TPSA) is 35.5 Å². The highest BCUT2D eigenvalue weighted by molar-refractivity contribution is 6.31. The van der Waals surface area contributed by atoms with Crippen LogP contribution in [0.3, 0.4) is 0 Å². The quantitative estimate of drug-likeness (QED) is 0.796. The van der Waals surface area contributed by atoms with E-state index in [1.807, 2.05) is 0 Å². The number of rotatable bonds is 7. The van der Waals surface area contributed by atoms with Crippen molar-refractivity contribution in [3.05, 3.63) is 34.6 Å². The SMILES string of the molecule is CC(C)CC(O)CNC1CCN(Cc2c(F)cccc2Cl)CC1. The summed E-state index contributed by atoms with van der Waals surface area (Å²) in [5.41, 5.74) is 0.591. The second-order valence-corrected chi connectivity index (χ2v) is 7.35. The van der Waals surface area contributed by atoms with E-state index in [-0.39, 0.29) is 11.9 Å². The van der Waals surface area contributed by atoms with Crippen molar-refractivity contribution in [2.24, 2.45) is 5.92 Å². The average molecular weight is 343 g/mol. The molecule has 3 nitrogen and oxygen atoms in total. The van der Waals surface area contributed by atoms with Crippen LogP contribution in [0.2, 0.25) is 5.02 Å². The van der Waals surface area contributed by atoms with Crippen molar-refractivity contribution < 1.29 is 9.50 Å². The number of benzene rings is 1. The molecule has 0 aliphatic carbocycles. The molecule has 5 heteroatoms. The molecule has 0 bridgehead atoms. The summed E-state index contributed by atoms with van der Waals surface area (Å²) in [6.45, 7) is 7.30. The van der Waals surface area contributed by atoms with Gasteiger partial charge in [-0.2, -0.15) is 0 Å².